The van der Waals surface area contributed by atoms with Crippen molar-refractivity contribution in [1.82, 2.24) is 0 Å². The van der Waals surface area contributed by atoms with E-state index in [0.717, 1.165) is 0 Å². The van der Waals surface area contributed by atoms with Crippen molar-refractivity contribution in [3.63, 3.8) is 0 Å². The van der Waals surface area contributed by atoms with Gasteiger partial charge in [0.15, 0.2) is 0 Å². The Morgan fingerprint density at radius 2 is 2.00 bits per heavy atom. The number of nitrogens with zero attached hydrogens (tertiary/aromatic N) is 2. The largest absolute Gasteiger partial charge is 0.381 e. The van der Waals surface area contributed by atoms with Crippen LogP contribution in [0.3, 0.4) is 0 Å². The van der Waals surface area contributed by atoms with Crippen LogP contribution >= 0.6 is 0 Å². The second-order valence-electron chi connectivity index (χ2n) is 3.20. The molecular weight excluding hydrogens is 196 g/mol. The third-order valence-corrected chi connectivity index (χ3v) is 2.17. The standard InChI is InChI=1S/C10H10N2O3/c1-7(12(14)15)10(13)9-4-2-8(6-11)3-5-9/h2-5,7,10,13H,1H3. The van der Waals surface area contributed by atoms with Crippen molar-refractivity contribution in [3.8, 4) is 6.07 Å². The molecule has 1 aromatic rings. The highest BCUT2D eigenvalue weighted by atomic mass is 16.6. The van der Waals surface area contributed by atoms with Gasteiger partial charge in [0.2, 0.25) is 6.04 Å². The molecule has 2 unspecified atom stereocenters. The number of aliphatic hydroxyl groups excluding tert-OH is 1. The van der Waals surface area contributed by atoms with E-state index in [1.165, 1.54) is 31.2 Å². The van der Waals surface area contributed by atoms with Gasteiger partial charge < -0.3 is 5.11 Å². The van der Waals surface area contributed by atoms with Crippen LogP contribution in [0.25, 0.3) is 0 Å². The van der Waals surface area contributed by atoms with Gasteiger partial charge in [0.1, 0.15) is 6.10 Å². The molecule has 15 heavy (non-hydrogen) atoms. The zero-order chi connectivity index (χ0) is 11.4. The molecule has 0 saturated heterocycles. The molecule has 5 nitrogen and oxygen atoms in total. The first kappa shape index (κ1) is 11.1. The lowest BCUT2D eigenvalue weighted by atomic mass is 10.0. The lowest BCUT2D eigenvalue weighted by Crippen LogP contribution is -2.23. The van der Waals surface area contributed by atoms with Gasteiger partial charge in [-0.2, -0.15) is 5.26 Å². The Labute approximate surface area is 86.7 Å². The fourth-order valence-corrected chi connectivity index (χ4v) is 1.15. The molecule has 1 aromatic carbocycles. The molecule has 0 bridgehead atoms. The van der Waals surface area contributed by atoms with Gasteiger partial charge in [-0.25, -0.2) is 0 Å². The molecule has 0 aliphatic heterocycles. The van der Waals surface area contributed by atoms with Gasteiger partial charge in [-0.05, 0) is 17.7 Å². The molecule has 1 rings (SSSR count). The molecule has 2 atom stereocenters. The van der Waals surface area contributed by atoms with Crippen molar-refractivity contribution in [2.45, 2.75) is 19.1 Å². The molecule has 0 heterocycles. The summed E-state index contributed by atoms with van der Waals surface area (Å²) in [6, 6.07) is 6.94. The highest BCUT2D eigenvalue weighted by Gasteiger charge is 2.25. The van der Waals surface area contributed by atoms with E-state index in [1.807, 2.05) is 6.07 Å². The van der Waals surface area contributed by atoms with Crippen molar-refractivity contribution in [1.29, 1.82) is 5.26 Å². The molecule has 0 aliphatic carbocycles. The van der Waals surface area contributed by atoms with Crippen molar-refractivity contribution < 1.29 is 10.0 Å². The number of aliphatic hydroxyl groups is 1. The van der Waals surface area contributed by atoms with Crippen LogP contribution in [0.4, 0.5) is 0 Å². The first-order valence-electron chi connectivity index (χ1n) is 4.38. The first-order chi connectivity index (χ1) is 7.06. The minimum Gasteiger partial charge on any atom is -0.381 e. The van der Waals surface area contributed by atoms with Crippen LogP contribution in [0.1, 0.15) is 24.2 Å². The lowest BCUT2D eigenvalue weighted by molar-refractivity contribution is -0.531. The predicted molar refractivity (Wildman–Crippen MR) is 52.6 cm³/mol. The van der Waals surface area contributed by atoms with Gasteiger partial charge in [-0.1, -0.05) is 12.1 Å². The van der Waals surface area contributed by atoms with Gasteiger partial charge in [0.05, 0.1) is 11.6 Å². The summed E-state index contributed by atoms with van der Waals surface area (Å²) >= 11 is 0. The molecule has 78 valence electrons. The summed E-state index contributed by atoms with van der Waals surface area (Å²) < 4.78 is 0. The minimum absolute atomic E-state index is 0.443. The van der Waals surface area contributed by atoms with E-state index in [9.17, 15) is 15.2 Å². The van der Waals surface area contributed by atoms with Crippen LogP contribution < -0.4 is 0 Å². The average Bonchev–Trinajstić information content (AvgIpc) is 2.27. The maximum atomic E-state index is 10.4. The van der Waals surface area contributed by atoms with Crippen molar-refractivity contribution in [3.05, 3.63) is 45.5 Å². The normalized spacial score (nSPS) is 13.9. The van der Waals surface area contributed by atoms with Crippen molar-refractivity contribution >= 4 is 0 Å². The van der Waals surface area contributed by atoms with Gasteiger partial charge in [0.25, 0.3) is 0 Å². The van der Waals surface area contributed by atoms with Crippen LogP contribution in [0.2, 0.25) is 0 Å². The minimum atomic E-state index is -1.15. The van der Waals surface area contributed by atoms with Crippen molar-refractivity contribution in [2.75, 3.05) is 0 Å². The predicted octanol–water partition coefficient (Wildman–Crippen LogP) is 1.26. The van der Waals surface area contributed by atoms with E-state index >= 15 is 0 Å². The number of rotatable bonds is 3. The third-order valence-electron chi connectivity index (χ3n) is 2.17. The highest BCUT2D eigenvalue weighted by Crippen LogP contribution is 2.18. The summed E-state index contributed by atoms with van der Waals surface area (Å²) in [5, 5.41) is 28.6. The average molecular weight is 206 g/mol. The maximum absolute atomic E-state index is 10.4. The lowest BCUT2D eigenvalue weighted by Gasteiger charge is -2.12. The topological polar surface area (TPSA) is 87.2 Å². The van der Waals surface area contributed by atoms with Gasteiger partial charge >= 0.3 is 0 Å². The van der Waals surface area contributed by atoms with E-state index in [2.05, 4.69) is 0 Å². The third kappa shape index (κ3) is 2.51. The van der Waals surface area contributed by atoms with E-state index in [0.29, 0.717) is 11.1 Å². The zero-order valence-corrected chi connectivity index (χ0v) is 8.12. The first-order valence-corrected chi connectivity index (χ1v) is 4.38. The number of nitro groups is 1. The van der Waals surface area contributed by atoms with E-state index in [4.69, 9.17) is 5.26 Å². The van der Waals surface area contributed by atoms with E-state index in [1.54, 1.807) is 0 Å². The quantitative estimate of drug-likeness (QED) is 0.595. The molecule has 0 radical (unpaired) electrons. The number of nitriles is 1. The molecule has 5 heteroatoms. The van der Waals surface area contributed by atoms with Crippen LogP contribution in [0, 0.1) is 21.4 Å². The fourth-order valence-electron chi connectivity index (χ4n) is 1.15. The molecule has 0 aliphatic rings. The van der Waals surface area contributed by atoms with E-state index in [-0.39, 0.29) is 0 Å². The number of hydrogen-bond donors (Lipinski definition) is 1. The van der Waals surface area contributed by atoms with Gasteiger partial charge in [-0.15, -0.1) is 0 Å². The Morgan fingerprint density at radius 3 is 2.40 bits per heavy atom. The monoisotopic (exact) mass is 206 g/mol. The molecule has 0 aromatic heterocycles. The molecule has 0 saturated carbocycles. The SMILES string of the molecule is CC(C(O)c1ccc(C#N)cc1)[N+](=O)[O-]. The summed E-state index contributed by atoms with van der Waals surface area (Å²) in [5.41, 5.74) is 0.901. The second kappa shape index (κ2) is 4.53. The molecule has 0 spiro atoms. The smallest absolute Gasteiger partial charge is 0.239 e. The molecule has 1 N–H and O–H groups in total. The Balaban J connectivity index is 2.88. The number of hydrogen-bond acceptors (Lipinski definition) is 4. The summed E-state index contributed by atoms with van der Waals surface area (Å²) in [7, 11) is 0. The summed E-state index contributed by atoms with van der Waals surface area (Å²) in [6.45, 7) is 1.34. The Kier molecular flexibility index (Phi) is 3.37. The molecule has 0 amide bonds. The summed E-state index contributed by atoms with van der Waals surface area (Å²) in [6.07, 6.45) is -1.15. The van der Waals surface area contributed by atoms with Crippen LogP contribution in [-0.4, -0.2) is 16.1 Å². The van der Waals surface area contributed by atoms with Crippen LogP contribution in [-0.2, 0) is 0 Å². The zero-order valence-electron chi connectivity index (χ0n) is 8.12. The Hall–Kier alpha value is -1.93. The van der Waals surface area contributed by atoms with E-state index < -0.39 is 17.1 Å². The second-order valence-corrected chi connectivity index (χ2v) is 3.20. The highest BCUT2D eigenvalue weighted by molar-refractivity contribution is 5.32. The Morgan fingerprint density at radius 1 is 1.47 bits per heavy atom. The molecular formula is C10H10N2O3. The van der Waals surface area contributed by atoms with Crippen LogP contribution in [0.5, 0.6) is 0 Å². The Bertz CT molecular complexity index is 394. The number of benzene rings is 1. The van der Waals surface area contributed by atoms with Crippen LogP contribution in [0.15, 0.2) is 24.3 Å². The van der Waals surface area contributed by atoms with Gasteiger partial charge in [0, 0.05) is 11.8 Å². The molecule has 0 fully saturated rings. The fraction of sp³-hybridized carbons (Fsp3) is 0.300. The van der Waals surface area contributed by atoms with Gasteiger partial charge in [-0.3, -0.25) is 10.1 Å². The van der Waals surface area contributed by atoms with Crippen molar-refractivity contribution in [2.24, 2.45) is 0 Å². The maximum Gasteiger partial charge on any atom is 0.239 e. The summed E-state index contributed by atoms with van der Waals surface area (Å²) in [4.78, 5) is 9.89. The summed E-state index contributed by atoms with van der Waals surface area (Å²) in [5.74, 6) is 0.